The summed E-state index contributed by atoms with van der Waals surface area (Å²) in [6, 6.07) is 23.5. The molecule has 23 heteroatoms. The predicted octanol–water partition coefficient (Wildman–Crippen LogP) is 0.151. The van der Waals surface area contributed by atoms with Crippen molar-refractivity contribution >= 4 is 59.2 Å². The molecule has 8 amide bonds. The number of primary amides is 1. The molecule has 0 aliphatic heterocycles. The monoisotopic (exact) mass is 1120 g/mol. The number of carbonyl (C=O) groups is 10. The van der Waals surface area contributed by atoms with Crippen LogP contribution in [0.25, 0.3) is 0 Å². The Bertz CT molecular complexity index is 2670. The third kappa shape index (κ3) is 24.2. The number of nitrogens with two attached hydrogens (primary N) is 4. The lowest BCUT2D eigenvalue weighted by Gasteiger charge is -2.28. The Kier molecular flexibility index (Phi) is 28.2. The molecule has 0 aromatic heterocycles. The molecule has 436 valence electrons. The summed E-state index contributed by atoms with van der Waals surface area (Å²) in [4.78, 5) is 136. The first-order valence-corrected chi connectivity index (χ1v) is 27.0. The zero-order valence-electron chi connectivity index (χ0n) is 45.3. The maximum Gasteiger partial charge on any atom is 0.303 e. The highest BCUT2D eigenvalue weighted by molar-refractivity contribution is 5.98. The molecule has 17 N–H and O–H groups in total. The number of unbranched alkanes of at least 4 members (excludes halogenated alkanes) is 2. The Morgan fingerprint density at radius 1 is 0.346 bits per heavy atom. The van der Waals surface area contributed by atoms with Crippen LogP contribution in [0.3, 0.4) is 0 Å². The van der Waals surface area contributed by atoms with Gasteiger partial charge in [-0.1, -0.05) is 128 Å². The quantitative estimate of drug-likeness (QED) is 0.0268. The van der Waals surface area contributed by atoms with Crippen LogP contribution in [0.5, 0.6) is 0 Å². The molecule has 0 aliphatic carbocycles. The molecule has 81 heavy (non-hydrogen) atoms. The molecule has 0 saturated heterocycles. The first kappa shape index (κ1) is 65.0. The summed E-state index contributed by atoms with van der Waals surface area (Å²) in [5.41, 5.74) is 25.2. The number of carboxylic acid groups (broad SMARTS) is 2. The average molecular weight is 1120 g/mol. The second-order valence-corrected chi connectivity index (χ2v) is 19.6. The number of carbonyl (C=O) groups excluding carboxylic acids is 8. The van der Waals surface area contributed by atoms with Gasteiger partial charge < -0.3 is 70.4 Å². The largest absolute Gasteiger partial charge is 0.481 e. The van der Waals surface area contributed by atoms with Crippen LogP contribution in [0.2, 0.25) is 0 Å². The van der Waals surface area contributed by atoms with Gasteiger partial charge in [0.1, 0.15) is 42.3 Å². The van der Waals surface area contributed by atoms with Gasteiger partial charge >= 0.3 is 11.9 Å². The Labute approximate surface area is 470 Å². The summed E-state index contributed by atoms with van der Waals surface area (Å²) in [5.74, 6) is -9.36. The van der Waals surface area contributed by atoms with E-state index >= 15 is 0 Å². The minimum atomic E-state index is -1.51. The van der Waals surface area contributed by atoms with E-state index in [4.69, 9.17) is 22.9 Å². The van der Waals surface area contributed by atoms with Crippen LogP contribution >= 0.6 is 0 Å². The standard InChI is InChI=1S/C58H77N11O12/c59-31-15-13-25-41(61)52(75)64-43(27-29-49(70)71)54(77)66-46(34-38-19-7-2-8-20-38)56(79)68-48(36-40-23-11-4-12-24-40)58(81)69-47(35-39-21-9-3-10-22-39)57(80)67-45(33-37-17-5-1-6-18-37)55(78)65-44(28-30-50(72)73)53(76)63-42(51(62)74)26-14-16-32-60/h1-12,17-24,41-48H,13-16,25-36,59-61H2,(H2,62,74)(H,63,76)(H,64,75)(H,65,78)(H,66,77)(H,67,80)(H,68,79)(H,69,81)(H,70,71)(H,72,73)/t41-,42-,43-,44-,45-,46-,47-,48-/m0/s1. The third-order valence-electron chi connectivity index (χ3n) is 13.1. The van der Waals surface area contributed by atoms with Gasteiger partial charge in [-0.15, -0.1) is 0 Å². The number of nitrogens with one attached hydrogen (secondary N) is 7. The van der Waals surface area contributed by atoms with Crippen molar-refractivity contribution in [2.24, 2.45) is 22.9 Å². The summed E-state index contributed by atoms with van der Waals surface area (Å²) in [6.45, 7) is 0.696. The van der Waals surface area contributed by atoms with Gasteiger partial charge in [0.2, 0.25) is 47.3 Å². The first-order valence-electron chi connectivity index (χ1n) is 27.0. The molecule has 4 rings (SSSR count). The number of aliphatic carboxylic acids is 2. The number of carboxylic acids is 2. The van der Waals surface area contributed by atoms with Crippen molar-refractivity contribution in [2.45, 2.75) is 138 Å². The van der Waals surface area contributed by atoms with E-state index in [0.717, 1.165) is 0 Å². The zero-order valence-corrected chi connectivity index (χ0v) is 45.3. The van der Waals surface area contributed by atoms with Crippen molar-refractivity contribution in [3.05, 3.63) is 144 Å². The van der Waals surface area contributed by atoms with Crippen LogP contribution in [0, 0.1) is 0 Å². The second kappa shape index (κ2) is 35.2. The SMILES string of the molecule is NCCCC[C@H](NC(=O)[C@H](CCC(=O)O)NC(=O)[C@H](Cc1ccccc1)NC(=O)[C@H](Cc1ccccc1)NC(=O)[C@H](Cc1ccccc1)NC(=O)[C@H](Cc1ccccc1)NC(=O)[C@H](CCC(=O)O)NC(=O)[C@@H](N)CCCCN)C(N)=O. The average Bonchev–Trinajstić information content (AvgIpc) is 3.49. The minimum absolute atomic E-state index is 0.125. The summed E-state index contributed by atoms with van der Waals surface area (Å²) in [6.07, 6.45) is 0.0572. The van der Waals surface area contributed by atoms with Crippen molar-refractivity contribution in [2.75, 3.05) is 13.1 Å². The Hall–Kier alpha value is -8.54. The Balaban J connectivity index is 1.70. The van der Waals surface area contributed by atoms with E-state index < -0.39 is 127 Å². The normalized spacial score (nSPS) is 13.9. The molecule has 4 aromatic rings. The number of amides is 8. The van der Waals surface area contributed by atoms with E-state index in [-0.39, 0.29) is 44.9 Å². The van der Waals surface area contributed by atoms with E-state index in [1.807, 2.05) is 0 Å². The van der Waals surface area contributed by atoms with Crippen LogP contribution in [0.15, 0.2) is 121 Å². The number of benzene rings is 4. The second-order valence-electron chi connectivity index (χ2n) is 19.6. The fraction of sp³-hybridized carbons (Fsp3) is 0.414. The van der Waals surface area contributed by atoms with Gasteiger partial charge in [-0.05, 0) is 80.3 Å². The number of hydrogen-bond acceptors (Lipinski definition) is 13. The van der Waals surface area contributed by atoms with E-state index in [2.05, 4.69) is 37.2 Å². The molecule has 4 aromatic carbocycles. The van der Waals surface area contributed by atoms with Crippen molar-refractivity contribution in [1.82, 2.24) is 37.2 Å². The Morgan fingerprint density at radius 3 is 0.889 bits per heavy atom. The molecule has 0 aliphatic rings. The van der Waals surface area contributed by atoms with Crippen LogP contribution in [-0.4, -0.2) is 131 Å². The van der Waals surface area contributed by atoms with Crippen molar-refractivity contribution in [3.63, 3.8) is 0 Å². The maximum atomic E-state index is 14.9. The smallest absolute Gasteiger partial charge is 0.303 e. The van der Waals surface area contributed by atoms with E-state index in [9.17, 15) is 58.2 Å². The predicted molar refractivity (Wildman–Crippen MR) is 301 cm³/mol. The van der Waals surface area contributed by atoms with Crippen LogP contribution in [-0.2, 0) is 73.6 Å². The van der Waals surface area contributed by atoms with E-state index in [0.29, 0.717) is 61.0 Å². The summed E-state index contributed by atoms with van der Waals surface area (Å²) < 4.78 is 0. The summed E-state index contributed by atoms with van der Waals surface area (Å²) in [7, 11) is 0. The lowest BCUT2D eigenvalue weighted by Crippen LogP contribution is -2.61. The molecule has 23 nitrogen and oxygen atoms in total. The van der Waals surface area contributed by atoms with Gasteiger partial charge in [0.15, 0.2) is 0 Å². The zero-order chi connectivity index (χ0) is 59.1. The molecule has 8 atom stereocenters. The van der Waals surface area contributed by atoms with Crippen LogP contribution < -0.4 is 60.2 Å². The van der Waals surface area contributed by atoms with Gasteiger partial charge in [0.25, 0.3) is 0 Å². The van der Waals surface area contributed by atoms with Crippen LogP contribution in [0.4, 0.5) is 0 Å². The topological polar surface area (TPSA) is 399 Å². The molecule has 0 radical (unpaired) electrons. The third-order valence-corrected chi connectivity index (χ3v) is 13.1. The number of rotatable bonds is 37. The molecule has 0 heterocycles. The van der Waals surface area contributed by atoms with Crippen molar-refractivity contribution in [1.29, 1.82) is 0 Å². The van der Waals surface area contributed by atoms with Gasteiger partial charge in [0.05, 0.1) is 6.04 Å². The van der Waals surface area contributed by atoms with Crippen molar-refractivity contribution < 1.29 is 58.2 Å². The molecule has 0 fully saturated rings. The fourth-order valence-corrected chi connectivity index (χ4v) is 8.64. The molecule has 0 saturated carbocycles. The van der Waals surface area contributed by atoms with E-state index in [1.165, 1.54) is 0 Å². The van der Waals surface area contributed by atoms with Crippen LogP contribution in [0.1, 0.15) is 86.5 Å². The Morgan fingerprint density at radius 2 is 0.605 bits per heavy atom. The molecular weight excluding hydrogens is 1040 g/mol. The first-order chi connectivity index (χ1) is 38.9. The molecular formula is C58H77N11O12. The van der Waals surface area contributed by atoms with Gasteiger partial charge in [-0.25, -0.2) is 0 Å². The molecule has 0 spiro atoms. The highest BCUT2D eigenvalue weighted by Gasteiger charge is 2.35. The van der Waals surface area contributed by atoms with E-state index in [1.54, 1.807) is 121 Å². The fourth-order valence-electron chi connectivity index (χ4n) is 8.64. The van der Waals surface area contributed by atoms with Gasteiger partial charge in [-0.2, -0.15) is 0 Å². The highest BCUT2D eigenvalue weighted by atomic mass is 16.4. The van der Waals surface area contributed by atoms with Crippen molar-refractivity contribution in [3.8, 4) is 0 Å². The highest BCUT2D eigenvalue weighted by Crippen LogP contribution is 2.13. The number of hydrogen-bond donors (Lipinski definition) is 13. The lowest BCUT2D eigenvalue weighted by molar-refractivity contribution is -0.139. The maximum absolute atomic E-state index is 14.9. The van der Waals surface area contributed by atoms with Gasteiger partial charge in [0, 0.05) is 38.5 Å². The summed E-state index contributed by atoms with van der Waals surface area (Å²) in [5, 5.41) is 37.7. The molecule has 0 bridgehead atoms. The lowest BCUT2D eigenvalue weighted by atomic mass is 10.00. The molecule has 0 unspecified atom stereocenters. The van der Waals surface area contributed by atoms with Gasteiger partial charge in [-0.3, -0.25) is 47.9 Å². The minimum Gasteiger partial charge on any atom is -0.481 e. The summed E-state index contributed by atoms with van der Waals surface area (Å²) >= 11 is 0.